The summed E-state index contributed by atoms with van der Waals surface area (Å²) in [4.78, 5) is 28.2. The average Bonchev–Trinajstić information content (AvgIpc) is 2.85. The molecule has 2 rings (SSSR count). The Hall–Kier alpha value is -2.63. The third kappa shape index (κ3) is 3.18. The van der Waals surface area contributed by atoms with Crippen LogP contribution in [-0.2, 0) is 11.3 Å². The fourth-order valence-electron chi connectivity index (χ4n) is 1.31. The maximum Gasteiger partial charge on any atom is 0.414 e. The largest absolute Gasteiger partial charge is 0.444 e. The van der Waals surface area contributed by atoms with E-state index in [4.69, 9.17) is 4.74 Å². The van der Waals surface area contributed by atoms with E-state index in [-0.39, 0.29) is 18.2 Å². The lowest BCUT2D eigenvalue weighted by Crippen LogP contribution is -2.14. The van der Waals surface area contributed by atoms with Gasteiger partial charge in [-0.15, -0.1) is 0 Å². The van der Waals surface area contributed by atoms with Crippen molar-refractivity contribution in [3.05, 3.63) is 47.8 Å². The zero-order valence-electron chi connectivity index (χ0n) is 9.42. The summed E-state index contributed by atoms with van der Waals surface area (Å²) in [5.74, 6) is 0.176. The number of benzene rings is 1. The van der Waals surface area contributed by atoms with Gasteiger partial charge in [0.2, 0.25) is 5.95 Å². The Kier molecular flexibility index (Phi) is 3.70. The van der Waals surface area contributed by atoms with Gasteiger partial charge in [-0.05, 0) is 5.56 Å². The molecule has 0 atom stereocenters. The smallest absolute Gasteiger partial charge is 0.414 e. The number of ether oxygens (including phenoxy) is 1. The fourth-order valence-corrected chi connectivity index (χ4v) is 1.31. The number of nitrogens with zero attached hydrogens (tertiary/aromatic N) is 1. The highest BCUT2D eigenvalue weighted by Crippen LogP contribution is 2.03. The molecule has 0 radical (unpaired) electrons. The molecule has 1 aromatic carbocycles. The van der Waals surface area contributed by atoms with E-state index in [9.17, 15) is 9.59 Å². The summed E-state index contributed by atoms with van der Waals surface area (Å²) >= 11 is 0. The first kappa shape index (κ1) is 11.8. The summed E-state index contributed by atoms with van der Waals surface area (Å²) in [6, 6.07) is 9.31. The van der Waals surface area contributed by atoms with Gasteiger partial charge in [-0.25, -0.2) is 9.78 Å². The SMILES string of the molecule is O=Cc1cnc(NC(=O)OCc2ccccc2)[nH]1. The summed E-state index contributed by atoms with van der Waals surface area (Å²) in [7, 11) is 0. The Balaban J connectivity index is 1.84. The van der Waals surface area contributed by atoms with Gasteiger partial charge in [-0.2, -0.15) is 0 Å². The summed E-state index contributed by atoms with van der Waals surface area (Å²) in [5, 5.41) is 2.38. The number of aromatic amines is 1. The second-order valence-corrected chi connectivity index (χ2v) is 3.49. The van der Waals surface area contributed by atoms with E-state index in [0.29, 0.717) is 6.29 Å². The highest BCUT2D eigenvalue weighted by atomic mass is 16.5. The van der Waals surface area contributed by atoms with Crippen LogP contribution in [0.15, 0.2) is 36.5 Å². The number of carbonyl (C=O) groups excluding carboxylic acids is 2. The molecule has 2 aromatic rings. The Morgan fingerprint density at radius 1 is 1.39 bits per heavy atom. The van der Waals surface area contributed by atoms with Gasteiger partial charge in [0.05, 0.1) is 11.9 Å². The first-order valence-electron chi connectivity index (χ1n) is 5.26. The van der Waals surface area contributed by atoms with Crippen molar-refractivity contribution in [2.45, 2.75) is 6.61 Å². The van der Waals surface area contributed by atoms with Gasteiger partial charge < -0.3 is 9.72 Å². The van der Waals surface area contributed by atoms with Gasteiger partial charge in [-0.1, -0.05) is 30.3 Å². The van der Waals surface area contributed by atoms with Gasteiger partial charge in [0.15, 0.2) is 6.29 Å². The van der Waals surface area contributed by atoms with Gasteiger partial charge in [0.25, 0.3) is 0 Å². The molecular formula is C12H11N3O3. The maximum atomic E-state index is 11.4. The minimum absolute atomic E-state index is 0.175. The molecule has 2 N–H and O–H groups in total. The average molecular weight is 245 g/mol. The third-order valence-electron chi connectivity index (χ3n) is 2.16. The predicted octanol–water partition coefficient (Wildman–Crippen LogP) is 1.97. The molecule has 1 amide bonds. The van der Waals surface area contributed by atoms with E-state index in [0.717, 1.165) is 5.56 Å². The lowest BCUT2D eigenvalue weighted by Gasteiger charge is -2.04. The van der Waals surface area contributed by atoms with Crippen molar-refractivity contribution in [2.24, 2.45) is 0 Å². The van der Waals surface area contributed by atoms with Gasteiger partial charge >= 0.3 is 6.09 Å². The molecule has 0 saturated heterocycles. The standard InChI is InChI=1S/C12H11N3O3/c16-7-10-6-13-11(14-10)15-12(17)18-8-9-4-2-1-3-5-9/h1-7H,8H2,(H2,13,14,15,17). The molecule has 0 aliphatic carbocycles. The zero-order valence-corrected chi connectivity index (χ0v) is 9.42. The number of hydrogen-bond donors (Lipinski definition) is 2. The van der Waals surface area contributed by atoms with E-state index in [1.54, 1.807) is 0 Å². The second-order valence-electron chi connectivity index (χ2n) is 3.49. The van der Waals surface area contributed by atoms with Crippen LogP contribution in [0, 0.1) is 0 Å². The molecule has 6 heteroatoms. The van der Waals surface area contributed by atoms with Crippen LogP contribution in [0.1, 0.15) is 16.1 Å². The Morgan fingerprint density at radius 2 is 2.17 bits per heavy atom. The molecule has 6 nitrogen and oxygen atoms in total. The number of amides is 1. The summed E-state index contributed by atoms with van der Waals surface area (Å²) in [6.07, 6.45) is 1.29. The van der Waals surface area contributed by atoms with E-state index in [1.807, 2.05) is 30.3 Å². The molecule has 1 aromatic heterocycles. The molecule has 0 spiro atoms. The van der Waals surface area contributed by atoms with Crippen molar-refractivity contribution in [3.8, 4) is 0 Å². The number of hydrogen-bond acceptors (Lipinski definition) is 4. The van der Waals surface area contributed by atoms with Crippen LogP contribution >= 0.6 is 0 Å². The molecule has 0 aliphatic rings. The van der Waals surface area contributed by atoms with Gasteiger partial charge in [0.1, 0.15) is 6.61 Å². The van der Waals surface area contributed by atoms with Crippen LogP contribution in [0.3, 0.4) is 0 Å². The van der Waals surface area contributed by atoms with Gasteiger partial charge in [-0.3, -0.25) is 10.1 Å². The van der Waals surface area contributed by atoms with Crippen LogP contribution in [0.5, 0.6) is 0 Å². The number of carbonyl (C=O) groups is 2. The van der Waals surface area contributed by atoms with Gasteiger partial charge in [0, 0.05) is 0 Å². The lowest BCUT2D eigenvalue weighted by molar-refractivity contribution is 0.111. The summed E-state index contributed by atoms with van der Waals surface area (Å²) in [5.41, 5.74) is 1.18. The van der Waals surface area contributed by atoms with Crippen molar-refractivity contribution in [1.82, 2.24) is 9.97 Å². The molecular weight excluding hydrogens is 234 g/mol. The molecule has 0 saturated carbocycles. The molecule has 92 valence electrons. The van der Waals surface area contributed by atoms with Crippen LogP contribution in [-0.4, -0.2) is 22.3 Å². The first-order valence-corrected chi connectivity index (χ1v) is 5.26. The first-order chi connectivity index (χ1) is 8.78. The van der Waals surface area contributed by atoms with E-state index >= 15 is 0 Å². The van der Waals surface area contributed by atoms with Crippen molar-refractivity contribution >= 4 is 18.3 Å². The number of nitrogens with one attached hydrogen (secondary N) is 2. The molecule has 18 heavy (non-hydrogen) atoms. The quantitative estimate of drug-likeness (QED) is 0.806. The van der Waals surface area contributed by atoms with Crippen LogP contribution in [0.4, 0.5) is 10.7 Å². The Bertz CT molecular complexity index is 537. The van der Waals surface area contributed by atoms with E-state index in [1.165, 1.54) is 6.20 Å². The second kappa shape index (κ2) is 5.62. The van der Waals surface area contributed by atoms with Crippen LogP contribution < -0.4 is 5.32 Å². The number of rotatable bonds is 4. The zero-order chi connectivity index (χ0) is 12.8. The number of aromatic nitrogens is 2. The van der Waals surface area contributed by atoms with Crippen LogP contribution in [0.2, 0.25) is 0 Å². The highest BCUT2D eigenvalue weighted by molar-refractivity contribution is 5.83. The summed E-state index contributed by atoms with van der Waals surface area (Å²) < 4.78 is 4.98. The van der Waals surface area contributed by atoms with E-state index in [2.05, 4.69) is 15.3 Å². The molecule has 0 bridgehead atoms. The van der Waals surface area contributed by atoms with Crippen molar-refractivity contribution < 1.29 is 14.3 Å². The maximum absolute atomic E-state index is 11.4. The van der Waals surface area contributed by atoms with Crippen molar-refractivity contribution in [3.63, 3.8) is 0 Å². The summed E-state index contributed by atoms with van der Waals surface area (Å²) in [6.45, 7) is 0.175. The number of H-pyrrole nitrogens is 1. The van der Waals surface area contributed by atoms with Crippen LogP contribution in [0.25, 0.3) is 0 Å². The highest BCUT2D eigenvalue weighted by Gasteiger charge is 2.06. The molecule has 1 heterocycles. The topological polar surface area (TPSA) is 84.1 Å². The number of imidazole rings is 1. The number of aldehydes is 1. The fraction of sp³-hybridized carbons (Fsp3) is 0.0833. The van der Waals surface area contributed by atoms with E-state index < -0.39 is 6.09 Å². The number of anilines is 1. The Labute approximate surface area is 103 Å². The minimum atomic E-state index is -0.634. The molecule has 0 fully saturated rings. The third-order valence-corrected chi connectivity index (χ3v) is 2.16. The molecule has 0 aliphatic heterocycles. The minimum Gasteiger partial charge on any atom is -0.444 e. The van der Waals surface area contributed by atoms with Crippen molar-refractivity contribution in [2.75, 3.05) is 5.32 Å². The molecule has 0 unspecified atom stereocenters. The monoisotopic (exact) mass is 245 g/mol. The Morgan fingerprint density at radius 3 is 2.83 bits per heavy atom. The van der Waals surface area contributed by atoms with Crippen molar-refractivity contribution in [1.29, 1.82) is 0 Å². The normalized spacial score (nSPS) is 9.78. The lowest BCUT2D eigenvalue weighted by atomic mass is 10.2. The predicted molar refractivity (Wildman–Crippen MR) is 64.2 cm³/mol.